The second-order valence-corrected chi connectivity index (χ2v) is 1.16. The minimum Gasteiger partial charge on any atom is -0.399 e. The number of hydrogen-bond acceptors (Lipinski definition) is 2. The van der Waals surface area contributed by atoms with E-state index in [0.29, 0.717) is 5.76 Å². The summed E-state index contributed by atoms with van der Waals surface area (Å²) in [4.78, 5) is 6.80. The Morgan fingerprint density at radius 3 is 2.88 bits per heavy atom. The number of azide groups is 1. The molecule has 0 spiro atoms. The summed E-state index contributed by atoms with van der Waals surface area (Å²) in [5.74, 6) is 0.600. The number of allylic oxidation sites excluding steroid dienone is 2. The molecular formula is C4H7N3O. The first-order valence-corrected chi connectivity index (χ1v) is 2.15. The van der Waals surface area contributed by atoms with Gasteiger partial charge in [0, 0.05) is 4.91 Å². The van der Waals surface area contributed by atoms with E-state index < -0.39 is 0 Å². The molecule has 8 heavy (non-hydrogen) atoms. The molecule has 0 aliphatic carbocycles. The fraction of sp³-hybridized carbons (Fsp3) is 0.500. The molecule has 0 aromatic rings. The predicted molar refractivity (Wildman–Crippen MR) is 29.7 cm³/mol. The molecular weight excluding hydrogens is 106 g/mol. The van der Waals surface area contributed by atoms with Crippen molar-refractivity contribution in [1.82, 2.24) is 0 Å². The van der Waals surface area contributed by atoms with Gasteiger partial charge in [0.25, 0.3) is 0 Å². The quantitative estimate of drug-likeness (QED) is 0.178. The Bertz CT molecular complexity index is 134. The third kappa shape index (κ3) is 3.06. The van der Waals surface area contributed by atoms with Gasteiger partial charge in [0.15, 0.2) is 0 Å². The van der Waals surface area contributed by atoms with E-state index in [2.05, 4.69) is 15.0 Å². The van der Waals surface area contributed by atoms with E-state index >= 15 is 0 Å². The zero-order valence-electron chi connectivity index (χ0n) is 4.83. The highest BCUT2D eigenvalue weighted by Gasteiger charge is 1.78. The molecule has 0 bridgehead atoms. The van der Waals surface area contributed by atoms with Crippen LogP contribution in [-0.2, 0) is 4.84 Å². The van der Waals surface area contributed by atoms with E-state index in [0.717, 1.165) is 0 Å². The summed E-state index contributed by atoms with van der Waals surface area (Å²) in [5.41, 5.74) is 7.72. The molecule has 0 aromatic carbocycles. The number of hydrogen-bond donors (Lipinski definition) is 0. The van der Waals surface area contributed by atoms with E-state index in [1.807, 2.05) is 0 Å². The van der Waals surface area contributed by atoms with Crippen molar-refractivity contribution in [1.29, 1.82) is 0 Å². The summed E-state index contributed by atoms with van der Waals surface area (Å²) < 4.78 is 0. The molecule has 44 valence electrons. The van der Waals surface area contributed by atoms with Crippen LogP contribution in [0.5, 0.6) is 0 Å². The molecule has 0 aromatic heterocycles. The average molecular weight is 113 g/mol. The van der Waals surface area contributed by atoms with Crippen LogP contribution in [0.1, 0.15) is 13.8 Å². The van der Waals surface area contributed by atoms with Crippen LogP contribution >= 0.6 is 0 Å². The zero-order valence-corrected chi connectivity index (χ0v) is 4.83. The summed E-state index contributed by atoms with van der Waals surface area (Å²) in [7, 11) is 0. The Balaban J connectivity index is 3.55. The van der Waals surface area contributed by atoms with Gasteiger partial charge in [-0.15, -0.1) is 0 Å². The van der Waals surface area contributed by atoms with Gasteiger partial charge in [0.1, 0.15) is 11.0 Å². The van der Waals surface area contributed by atoms with Crippen molar-refractivity contribution in [2.75, 3.05) is 0 Å². The molecule has 0 unspecified atom stereocenters. The average Bonchev–Trinajstić information content (AvgIpc) is 1.83. The van der Waals surface area contributed by atoms with Crippen molar-refractivity contribution < 1.29 is 4.84 Å². The van der Waals surface area contributed by atoms with Crippen molar-refractivity contribution in [3.63, 3.8) is 0 Å². The van der Waals surface area contributed by atoms with Crippen molar-refractivity contribution >= 4 is 0 Å². The lowest BCUT2D eigenvalue weighted by Crippen LogP contribution is -1.72. The molecule has 0 N–H and O–H groups in total. The molecule has 0 aliphatic heterocycles. The lowest BCUT2D eigenvalue weighted by atomic mass is 10.5. The van der Waals surface area contributed by atoms with Crippen LogP contribution in [0.25, 0.3) is 10.4 Å². The van der Waals surface area contributed by atoms with Crippen molar-refractivity contribution in [2.24, 2.45) is 5.28 Å². The lowest BCUT2D eigenvalue weighted by molar-refractivity contribution is 0.222. The fourth-order valence-corrected chi connectivity index (χ4v) is 0.135. The van der Waals surface area contributed by atoms with Gasteiger partial charge in [-0.2, -0.15) is 0 Å². The smallest absolute Gasteiger partial charge is 0.117 e. The van der Waals surface area contributed by atoms with Gasteiger partial charge in [0.05, 0.1) is 0 Å². The summed E-state index contributed by atoms with van der Waals surface area (Å²) in [6.07, 6.45) is 1.70. The molecule has 0 saturated heterocycles. The molecule has 0 radical (unpaired) electrons. The maximum Gasteiger partial charge on any atom is 0.117 e. The highest BCUT2D eigenvalue weighted by molar-refractivity contribution is 4.83. The molecule has 0 fully saturated rings. The first-order chi connectivity index (χ1) is 3.81. The van der Waals surface area contributed by atoms with E-state index in [4.69, 9.17) is 5.53 Å². The highest BCUT2D eigenvalue weighted by Crippen LogP contribution is 1.93. The third-order valence-electron chi connectivity index (χ3n) is 0.628. The molecule has 0 saturated carbocycles. The monoisotopic (exact) mass is 113 g/mol. The largest absolute Gasteiger partial charge is 0.399 e. The van der Waals surface area contributed by atoms with Crippen LogP contribution < -0.4 is 0 Å². The third-order valence-corrected chi connectivity index (χ3v) is 0.628. The molecule has 4 heteroatoms. The van der Waals surface area contributed by atoms with Crippen LogP contribution in [0.3, 0.4) is 0 Å². The Morgan fingerprint density at radius 1 is 1.88 bits per heavy atom. The van der Waals surface area contributed by atoms with Gasteiger partial charge in [0.2, 0.25) is 0 Å². The van der Waals surface area contributed by atoms with Crippen molar-refractivity contribution in [2.45, 2.75) is 13.8 Å². The van der Waals surface area contributed by atoms with E-state index in [1.165, 1.54) is 0 Å². The standard InChI is InChI=1S/C4H7N3O/c1-3-4(2)8-7-6-5/h3H,1-2H3/b4-3+. The second-order valence-electron chi connectivity index (χ2n) is 1.16. The molecule has 0 atom stereocenters. The maximum absolute atomic E-state index is 7.72. The van der Waals surface area contributed by atoms with Gasteiger partial charge < -0.3 is 4.84 Å². The van der Waals surface area contributed by atoms with Gasteiger partial charge in [-0.1, -0.05) is 0 Å². The Kier molecular flexibility index (Phi) is 3.44. The van der Waals surface area contributed by atoms with Gasteiger partial charge in [-0.3, -0.25) is 0 Å². The van der Waals surface area contributed by atoms with E-state index in [-0.39, 0.29) is 0 Å². The van der Waals surface area contributed by atoms with Gasteiger partial charge >= 0.3 is 0 Å². The first-order valence-electron chi connectivity index (χ1n) is 2.15. The Morgan fingerprint density at radius 2 is 2.50 bits per heavy atom. The molecule has 0 heterocycles. The molecule has 0 amide bonds. The van der Waals surface area contributed by atoms with Crippen LogP contribution in [0.2, 0.25) is 0 Å². The fourth-order valence-electron chi connectivity index (χ4n) is 0.135. The van der Waals surface area contributed by atoms with Crippen molar-refractivity contribution in [3.05, 3.63) is 22.3 Å². The molecule has 0 rings (SSSR count). The summed E-state index contributed by atoms with van der Waals surface area (Å²) in [6.45, 7) is 3.50. The molecule has 0 aliphatic rings. The van der Waals surface area contributed by atoms with Crippen molar-refractivity contribution in [3.8, 4) is 0 Å². The van der Waals surface area contributed by atoms with Gasteiger partial charge in [-0.25, -0.2) is 0 Å². The predicted octanol–water partition coefficient (Wildman–Crippen LogP) is 2.15. The second kappa shape index (κ2) is 4.02. The first kappa shape index (κ1) is 6.85. The molecule has 4 nitrogen and oxygen atoms in total. The number of nitrogens with zero attached hydrogens (tertiary/aromatic N) is 3. The zero-order chi connectivity index (χ0) is 6.41. The number of rotatable bonds is 2. The summed E-state index contributed by atoms with van der Waals surface area (Å²) in [5, 5.41) is 2.85. The minimum atomic E-state index is 0.600. The van der Waals surface area contributed by atoms with E-state index in [1.54, 1.807) is 19.9 Å². The maximum atomic E-state index is 7.72. The van der Waals surface area contributed by atoms with Gasteiger partial charge in [-0.05, 0) is 25.5 Å². The van der Waals surface area contributed by atoms with Crippen LogP contribution in [0.4, 0.5) is 0 Å². The van der Waals surface area contributed by atoms with Crippen LogP contribution in [0.15, 0.2) is 17.1 Å². The summed E-state index contributed by atoms with van der Waals surface area (Å²) in [6, 6.07) is 0. The SMILES string of the molecule is C/C=C(\C)ON=[N+]=[N-]. The topological polar surface area (TPSA) is 58.0 Å². The lowest BCUT2D eigenvalue weighted by Gasteiger charge is -1.90. The summed E-state index contributed by atoms with van der Waals surface area (Å²) >= 11 is 0. The highest BCUT2D eigenvalue weighted by atomic mass is 16.6. The normalized spacial score (nSPS) is 10.0. The Hall–Kier alpha value is -1.15. The van der Waals surface area contributed by atoms with Crippen LogP contribution in [0, 0.1) is 0 Å². The minimum absolute atomic E-state index is 0.600. The van der Waals surface area contributed by atoms with E-state index in [9.17, 15) is 0 Å². The van der Waals surface area contributed by atoms with Crippen LogP contribution in [-0.4, -0.2) is 0 Å². The Labute approximate surface area is 47.3 Å².